The van der Waals surface area contributed by atoms with Crippen LogP contribution in [0.5, 0.6) is 0 Å². The normalized spacial score (nSPS) is 16.0. The standard InChI is InChI=1S/C18H25N5/c1-2-14-7-9-15(10-8-14)21-18(19)20-13-16-11-12-23(22-16)17-5-3-4-6-17/h7-12,17H,2-6,13H2,1H3,(H3,19,20,21). The Morgan fingerprint density at radius 2 is 2.00 bits per heavy atom. The van der Waals surface area contributed by atoms with Crippen molar-refractivity contribution in [2.24, 2.45) is 10.7 Å². The van der Waals surface area contributed by atoms with Crippen molar-refractivity contribution in [3.63, 3.8) is 0 Å². The molecule has 23 heavy (non-hydrogen) atoms. The summed E-state index contributed by atoms with van der Waals surface area (Å²) >= 11 is 0. The molecule has 0 aliphatic heterocycles. The van der Waals surface area contributed by atoms with Crippen molar-refractivity contribution in [3.8, 4) is 0 Å². The zero-order chi connectivity index (χ0) is 16.1. The molecule has 0 amide bonds. The lowest BCUT2D eigenvalue weighted by Crippen LogP contribution is -2.22. The molecule has 3 rings (SSSR count). The predicted octanol–water partition coefficient (Wildman–Crippen LogP) is 3.49. The Hall–Kier alpha value is -2.30. The summed E-state index contributed by atoms with van der Waals surface area (Å²) < 4.78 is 2.09. The Morgan fingerprint density at radius 1 is 1.26 bits per heavy atom. The van der Waals surface area contributed by atoms with E-state index in [1.54, 1.807) is 0 Å². The van der Waals surface area contributed by atoms with Crippen LogP contribution in [-0.2, 0) is 13.0 Å². The highest BCUT2D eigenvalue weighted by molar-refractivity contribution is 5.92. The Morgan fingerprint density at radius 3 is 2.70 bits per heavy atom. The van der Waals surface area contributed by atoms with Gasteiger partial charge in [0.05, 0.1) is 18.3 Å². The summed E-state index contributed by atoms with van der Waals surface area (Å²) in [6.45, 7) is 2.65. The number of rotatable bonds is 5. The van der Waals surface area contributed by atoms with Crippen LogP contribution in [0.4, 0.5) is 5.69 Å². The molecule has 1 saturated carbocycles. The fourth-order valence-electron chi connectivity index (χ4n) is 3.01. The molecule has 0 radical (unpaired) electrons. The topological polar surface area (TPSA) is 68.2 Å². The van der Waals surface area contributed by atoms with E-state index in [4.69, 9.17) is 5.73 Å². The first kappa shape index (κ1) is 15.6. The van der Waals surface area contributed by atoms with Crippen LogP contribution in [0.1, 0.15) is 49.9 Å². The van der Waals surface area contributed by atoms with Crippen LogP contribution in [-0.4, -0.2) is 15.7 Å². The lowest BCUT2D eigenvalue weighted by Gasteiger charge is -2.08. The first-order chi connectivity index (χ1) is 11.2. The van der Waals surface area contributed by atoms with Crippen molar-refractivity contribution < 1.29 is 0 Å². The van der Waals surface area contributed by atoms with Crippen LogP contribution in [0.25, 0.3) is 0 Å². The predicted molar refractivity (Wildman–Crippen MR) is 94.5 cm³/mol. The van der Waals surface area contributed by atoms with E-state index in [-0.39, 0.29) is 0 Å². The minimum absolute atomic E-state index is 0.421. The first-order valence-corrected chi connectivity index (χ1v) is 8.44. The van der Waals surface area contributed by atoms with Gasteiger partial charge in [-0.3, -0.25) is 4.68 Å². The molecule has 1 heterocycles. The Labute approximate surface area is 137 Å². The van der Waals surface area contributed by atoms with E-state index in [0.717, 1.165) is 17.8 Å². The molecule has 0 bridgehead atoms. The fourth-order valence-corrected chi connectivity index (χ4v) is 3.01. The van der Waals surface area contributed by atoms with Crippen LogP contribution in [0.2, 0.25) is 0 Å². The van der Waals surface area contributed by atoms with E-state index >= 15 is 0 Å². The van der Waals surface area contributed by atoms with Gasteiger partial charge in [0.2, 0.25) is 0 Å². The molecule has 1 aliphatic rings. The van der Waals surface area contributed by atoms with Crippen molar-refractivity contribution in [2.45, 2.75) is 51.6 Å². The number of aliphatic imine (C=N–C) groups is 1. The average Bonchev–Trinajstić information content (AvgIpc) is 3.25. The van der Waals surface area contributed by atoms with Crippen molar-refractivity contribution in [3.05, 3.63) is 47.8 Å². The molecule has 0 saturated heterocycles. The van der Waals surface area contributed by atoms with Gasteiger partial charge in [-0.05, 0) is 43.0 Å². The van der Waals surface area contributed by atoms with Crippen LogP contribution in [0.3, 0.4) is 0 Å². The van der Waals surface area contributed by atoms with Crippen LogP contribution < -0.4 is 11.1 Å². The number of nitrogens with one attached hydrogen (secondary N) is 1. The second kappa shape index (κ2) is 7.31. The summed E-state index contributed by atoms with van der Waals surface area (Å²) in [6.07, 6.45) is 8.20. The second-order valence-corrected chi connectivity index (χ2v) is 6.10. The average molecular weight is 311 g/mol. The molecule has 0 spiro atoms. The number of nitrogens with zero attached hydrogens (tertiary/aromatic N) is 3. The van der Waals surface area contributed by atoms with E-state index in [1.165, 1.54) is 31.2 Å². The zero-order valence-corrected chi connectivity index (χ0v) is 13.7. The summed E-state index contributed by atoms with van der Waals surface area (Å²) in [5.41, 5.74) is 9.19. The van der Waals surface area contributed by atoms with Gasteiger partial charge in [0.1, 0.15) is 0 Å². The maximum Gasteiger partial charge on any atom is 0.193 e. The van der Waals surface area contributed by atoms with Crippen LogP contribution in [0.15, 0.2) is 41.5 Å². The molecule has 1 fully saturated rings. The molecule has 3 N–H and O–H groups in total. The highest BCUT2D eigenvalue weighted by Gasteiger charge is 2.17. The van der Waals surface area contributed by atoms with E-state index in [2.05, 4.69) is 45.3 Å². The molecule has 5 heteroatoms. The largest absolute Gasteiger partial charge is 0.370 e. The van der Waals surface area contributed by atoms with Crippen molar-refractivity contribution in [1.29, 1.82) is 0 Å². The zero-order valence-electron chi connectivity index (χ0n) is 13.7. The minimum Gasteiger partial charge on any atom is -0.370 e. The molecule has 0 unspecified atom stereocenters. The number of guanidine groups is 1. The summed E-state index contributed by atoms with van der Waals surface area (Å²) in [5.74, 6) is 0.421. The number of hydrogen-bond acceptors (Lipinski definition) is 2. The van der Waals surface area contributed by atoms with E-state index in [1.807, 2.05) is 18.2 Å². The molecule has 1 aromatic carbocycles. The SMILES string of the molecule is CCc1ccc(NC(N)=NCc2ccn(C3CCCC3)n2)cc1. The van der Waals surface area contributed by atoms with E-state index in [9.17, 15) is 0 Å². The molecular formula is C18H25N5. The van der Waals surface area contributed by atoms with Gasteiger partial charge in [-0.25, -0.2) is 4.99 Å². The maximum absolute atomic E-state index is 5.96. The summed E-state index contributed by atoms with van der Waals surface area (Å²) in [6, 6.07) is 10.8. The van der Waals surface area contributed by atoms with E-state index < -0.39 is 0 Å². The smallest absolute Gasteiger partial charge is 0.193 e. The maximum atomic E-state index is 5.96. The Balaban J connectivity index is 1.56. The third-order valence-electron chi connectivity index (χ3n) is 4.41. The van der Waals surface area contributed by atoms with Gasteiger partial charge in [-0.15, -0.1) is 0 Å². The fraction of sp³-hybridized carbons (Fsp3) is 0.444. The van der Waals surface area contributed by atoms with Gasteiger partial charge in [0.15, 0.2) is 5.96 Å². The number of benzene rings is 1. The lowest BCUT2D eigenvalue weighted by atomic mass is 10.1. The second-order valence-electron chi connectivity index (χ2n) is 6.10. The third-order valence-corrected chi connectivity index (χ3v) is 4.41. The first-order valence-electron chi connectivity index (χ1n) is 8.44. The number of anilines is 1. The quantitative estimate of drug-likeness (QED) is 0.656. The Bertz CT molecular complexity index is 650. The summed E-state index contributed by atoms with van der Waals surface area (Å²) in [4.78, 5) is 4.38. The van der Waals surface area contributed by atoms with Gasteiger partial charge >= 0.3 is 0 Å². The summed E-state index contributed by atoms with van der Waals surface area (Å²) in [7, 11) is 0. The molecular weight excluding hydrogens is 286 g/mol. The minimum atomic E-state index is 0.421. The Kier molecular flexibility index (Phi) is 4.95. The number of aromatic nitrogens is 2. The van der Waals surface area contributed by atoms with Gasteiger partial charge in [0, 0.05) is 11.9 Å². The van der Waals surface area contributed by atoms with Gasteiger partial charge < -0.3 is 11.1 Å². The van der Waals surface area contributed by atoms with Gasteiger partial charge in [-0.2, -0.15) is 5.10 Å². The monoisotopic (exact) mass is 311 g/mol. The highest BCUT2D eigenvalue weighted by Crippen LogP contribution is 2.28. The number of nitrogens with two attached hydrogens (primary N) is 1. The van der Waals surface area contributed by atoms with Crippen molar-refractivity contribution >= 4 is 11.6 Å². The number of hydrogen-bond donors (Lipinski definition) is 2. The molecule has 5 nitrogen and oxygen atoms in total. The third kappa shape index (κ3) is 4.12. The highest BCUT2D eigenvalue weighted by atomic mass is 15.3. The van der Waals surface area contributed by atoms with Crippen LogP contribution in [0, 0.1) is 0 Å². The lowest BCUT2D eigenvalue weighted by molar-refractivity contribution is 0.463. The molecule has 1 aromatic heterocycles. The molecule has 2 aromatic rings. The van der Waals surface area contributed by atoms with Gasteiger partial charge in [0.25, 0.3) is 0 Å². The van der Waals surface area contributed by atoms with E-state index in [0.29, 0.717) is 18.5 Å². The molecule has 1 aliphatic carbocycles. The van der Waals surface area contributed by atoms with Crippen molar-refractivity contribution in [1.82, 2.24) is 9.78 Å². The van der Waals surface area contributed by atoms with Crippen molar-refractivity contribution in [2.75, 3.05) is 5.32 Å². The number of aryl methyl sites for hydroxylation is 1. The van der Waals surface area contributed by atoms with Gasteiger partial charge in [-0.1, -0.05) is 31.9 Å². The summed E-state index contributed by atoms with van der Waals surface area (Å²) in [5, 5.41) is 7.74. The van der Waals surface area contributed by atoms with Crippen LogP contribution >= 0.6 is 0 Å². The molecule has 0 atom stereocenters. The molecule has 122 valence electrons.